The normalized spacial score (nSPS) is 11.2. The van der Waals surface area contributed by atoms with E-state index in [2.05, 4.69) is 14.8 Å². The Bertz CT molecular complexity index is 713. The first-order valence-corrected chi connectivity index (χ1v) is 7.79. The zero-order chi connectivity index (χ0) is 15.3. The molecule has 0 aliphatic rings. The lowest BCUT2D eigenvalue weighted by Gasteiger charge is -2.11. The van der Waals surface area contributed by atoms with Gasteiger partial charge < -0.3 is 5.11 Å². The number of rotatable bonds is 7. The second kappa shape index (κ2) is 6.35. The summed E-state index contributed by atoms with van der Waals surface area (Å²) in [6.07, 6.45) is 2.66. The van der Waals surface area contributed by atoms with Gasteiger partial charge in [0.25, 0.3) is 0 Å². The van der Waals surface area contributed by atoms with Crippen LogP contribution in [0.3, 0.4) is 0 Å². The van der Waals surface area contributed by atoms with Crippen LogP contribution in [0.15, 0.2) is 36.9 Å². The largest absolute Gasteiger partial charge is 0.481 e. The van der Waals surface area contributed by atoms with Gasteiger partial charge in [0.15, 0.2) is 0 Å². The monoisotopic (exact) mass is 310 g/mol. The molecule has 21 heavy (non-hydrogen) atoms. The number of carboxylic acids is 1. The molecule has 1 heterocycles. The molecular weight excluding hydrogens is 296 g/mol. The van der Waals surface area contributed by atoms with Gasteiger partial charge in [-0.25, -0.2) is 18.1 Å². The van der Waals surface area contributed by atoms with Crippen molar-refractivity contribution in [2.75, 3.05) is 10.5 Å². The van der Waals surface area contributed by atoms with Crippen LogP contribution in [0.5, 0.6) is 0 Å². The molecule has 8 nitrogen and oxygen atoms in total. The van der Waals surface area contributed by atoms with Crippen molar-refractivity contribution in [1.82, 2.24) is 14.8 Å². The lowest BCUT2D eigenvalue weighted by Crippen LogP contribution is -2.18. The second-order valence-electron chi connectivity index (χ2n) is 4.28. The maximum atomic E-state index is 12.0. The summed E-state index contributed by atoms with van der Waals surface area (Å²) in [7, 11) is -3.62. The molecule has 2 N–H and O–H groups in total. The molecule has 1 aromatic heterocycles. The van der Waals surface area contributed by atoms with Gasteiger partial charge >= 0.3 is 5.97 Å². The van der Waals surface area contributed by atoms with E-state index in [0.29, 0.717) is 11.4 Å². The van der Waals surface area contributed by atoms with Crippen molar-refractivity contribution in [3.05, 3.63) is 36.9 Å². The van der Waals surface area contributed by atoms with E-state index in [1.165, 1.54) is 17.3 Å². The Balaban J connectivity index is 2.14. The Morgan fingerprint density at radius 1 is 1.33 bits per heavy atom. The third-order valence-corrected chi connectivity index (χ3v) is 4.00. The Labute approximate surface area is 121 Å². The van der Waals surface area contributed by atoms with Crippen LogP contribution in [0.4, 0.5) is 5.69 Å². The van der Waals surface area contributed by atoms with Crippen LogP contribution in [0.1, 0.15) is 12.8 Å². The number of aromatic nitrogens is 3. The maximum absolute atomic E-state index is 12.0. The van der Waals surface area contributed by atoms with Gasteiger partial charge in [-0.05, 0) is 18.6 Å². The second-order valence-corrected chi connectivity index (χ2v) is 6.12. The Morgan fingerprint density at radius 2 is 2.10 bits per heavy atom. The fraction of sp³-hybridized carbons (Fsp3) is 0.250. The third-order valence-electron chi connectivity index (χ3n) is 2.64. The molecular formula is C12H14N4O4S. The lowest BCUT2D eigenvalue weighted by molar-refractivity contribution is -0.137. The Morgan fingerprint density at radius 3 is 2.76 bits per heavy atom. The molecule has 0 aliphatic carbocycles. The standard InChI is InChI=1S/C12H14N4O4S/c17-12(18)6-3-7-21(19,20)15-10-4-1-2-5-11(10)16-9-13-8-14-16/h1-2,4-5,8-9,15H,3,6-7H2,(H,17,18). The molecule has 0 fully saturated rings. The minimum absolute atomic E-state index is 0.0517. The van der Waals surface area contributed by atoms with E-state index in [-0.39, 0.29) is 18.6 Å². The van der Waals surface area contributed by atoms with Gasteiger partial charge in [0.05, 0.1) is 17.1 Å². The summed E-state index contributed by atoms with van der Waals surface area (Å²) >= 11 is 0. The van der Waals surface area contributed by atoms with E-state index in [0.717, 1.165) is 0 Å². The number of carbonyl (C=O) groups is 1. The van der Waals surface area contributed by atoms with Crippen molar-refractivity contribution >= 4 is 21.7 Å². The van der Waals surface area contributed by atoms with Crippen LogP contribution < -0.4 is 4.72 Å². The minimum Gasteiger partial charge on any atom is -0.481 e. The van der Waals surface area contributed by atoms with Crippen LogP contribution in [-0.4, -0.2) is 40.0 Å². The number of benzene rings is 1. The average molecular weight is 310 g/mol. The summed E-state index contributed by atoms with van der Waals surface area (Å²) in [5.74, 6) is -1.28. The molecule has 0 atom stereocenters. The fourth-order valence-electron chi connectivity index (χ4n) is 1.72. The van der Waals surface area contributed by atoms with E-state index in [1.807, 2.05) is 0 Å². The third kappa shape index (κ3) is 4.28. The van der Waals surface area contributed by atoms with Crippen LogP contribution >= 0.6 is 0 Å². The number of sulfonamides is 1. The highest BCUT2D eigenvalue weighted by atomic mass is 32.2. The van der Waals surface area contributed by atoms with Crippen LogP contribution in [-0.2, 0) is 14.8 Å². The van der Waals surface area contributed by atoms with Crippen molar-refractivity contribution in [3.8, 4) is 5.69 Å². The summed E-state index contributed by atoms with van der Waals surface area (Å²) in [6, 6.07) is 6.74. The van der Waals surface area contributed by atoms with Crippen molar-refractivity contribution in [2.24, 2.45) is 0 Å². The number of para-hydroxylation sites is 2. The van der Waals surface area contributed by atoms with Gasteiger partial charge in [-0.3, -0.25) is 9.52 Å². The van der Waals surface area contributed by atoms with E-state index >= 15 is 0 Å². The van der Waals surface area contributed by atoms with Crippen LogP contribution in [0.25, 0.3) is 5.69 Å². The topological polar surface area (TPSA) is 114 Å². The molecule has 9 heteroatoms. The van der Waals surface area contributed by atoms with Crippen LogP contribution in [0.2, 0.25) is 0 Å². The number of nitrogens with one attached hydrogen (secondary N) is 1. The molecule has 112 valence electrons. The SMILES string of the molecule is O=C(O)CCCS(=O)(=O)Nc1ccccc1-n1cncn1. The summed E-state index contributed by atoms with van der Waals surface area (Å²) in [5, 5.41) is 12.5. The maximum Gasteiger partial charge on any atom is 0.303 e. The fourth-order valence-corrected chi connectivity index (χ4v) is 2.86. The number of anilines is 1. The summed E-state index contributed by atoms with van der Waals surface area (Å²) in [4.78, 5) is 14.2. The number of carboxylic acid groups (broad SMARTS) is 1. The molecule has 1 aromatic carbocycles. The van der Waals surface area contributed by atoms with Gasteiger partial charge in [-0.2, -0.15) is 5.10 Å². The highest BCUT2D eigenvalue weighted by molar-refractivity contribution is 7.92. The van der Waals surface area contributed by atoms with Crippen molar-refractivity contribution < 1.29 is 18.3 Å². The van der Waals surface area contributed by atoms with Crippen LogP contribution in [0, 0.1) is 0 Å². The predicted molar refractivity (Wildman–Crippen MR) is 75.6 cm³/mol. The molecule has 0 amide bonds. The Kier molecular flexibility index (Phi) is 4.53. The molecule has 2 rings (SSSR count). The molecule has 0 spiro atoms. The summed E-state index contributed by atoms with van der Waals surface area (Å²) < 4.78 is 27.8. The molecule has 0 bridgehead atoms. The quantitative estimate of drug-likeness (QED) is 0.784. The van der Waals surface area contributed by atoms with Gasteiger partial charge in [0, 0.05) is 6.42 Å². The van der Waals surface area contributed by atoms with Gasteiger partial charge in [0.1, 0.15) is 12.7 Å². The molecule has 0 saturated heterocycles. The predicted octanol–water partition coefficient (Wildman–Crippen LogP) is 0.874. The molecule has 0 saturated carbocycles. The molecule has 0 aliphatic heterocycles. The molecule has 2 aromatic rings. The number of aliphatic carboxylic acids is 1. The lowest BCUT2D eigenvalue weighted by atomic mass is 10.3. The van der Waals surface area contributed by atoms with Crippen molar-refractivity contribution in [3.63, 3.8) is 0 Å². The minimum atomic E-state index is -3.62. The van der Waals surface area contributed by atoms with Gasteiger partial charge in [-0.1, -0.05) is 12.1 Å². The summed E-state index contributed by atoms with van der Waals surface area (Å²) in [6.45, 7) is 0. The van der Waals surface area contributed by atoms with E-state index < -0.39 is 16.0 Å². The summed E-state index contributed by atoms with van der Waals surface area (Å²) in [5.41, 5.74) is 0.898. The van der Waals surface area contributed by atoms with Gasteiger partial charge in [0.2, 0.25) is 10.0 Å². The van der Waals surface area contributed by atoms with Crippen molar-refractivity contribution in [1.29, 1.82) is 0 Å². The number of hydrogen-bond acceptors (Lipinski definition) is 5. The highest BCUT2D eigenvalue weighted by Gasteiger charge is 2.14. The number of hydrogen-bond donors (Lipinski definition) is 2. The first-order chi connectivity index (χ1) is 9.98. The number of nitrogens with zero attached hydrogens (tertiary/aromatic N) is 3. The average Bonchev–Trinajstić information content (AvgIpc) is 2.91. The Hall–Kier alpha value is -2.42. The molecule has 0 radical (unpaired) electrons. The van der Waals surface area contributed by atoms with Crippen molar-refractivity contribution in [2.45, 2.75) is 12.8 Å². The highest BCUT2D eigenvalue weighted by Crippen LogP contribution is 2.20. The van der Waals surface area contributed by atoms with E-state index in [4.69, 9.17) is 5.11 Å². The zero-order valence-electron chi connectivity index (χ0n) is 11.0. The first-order valence-electron chi connectivity index (χ1n) is 6.14. The van der Waals surface area contributed by atoms with E-state index in [9.17, 15) is 13.2 Å². The zero-order valence-corrected chi connectivity index (χ0v) is 11.8. The van der Waals surface area contributed by atoms with Gasteiger partial charge in [-0.15, -0.1) is 0 Å². The smallest absolute Gasteiger partial charge is 0.303 e. The van der Waals surface area contributed by atoms with E-state index in [1.54, 1.807) is 24.3 Å². The first kappa shape index (κ1) is 15.0. The molecule has 0 unspecified atom stereocenters.